The molecule has 112 valence electrons. The Balaban J connectivity index is 2.22. The second-order valence-electron chi connectivity index (χ2n) is 4.79. The van der Waals surface area contributed by atoms with E-state index < -0.39 is 9.84 Å². The molecule has 2 nitrogen and oxygen atoms in total. The van der Waals surface area contributed by atoms with Gasteiger partial charge in [-0.05, 0) is 24.6 Å². The Hall–Kier alpha value is -1.34. The fourth-order valence-electron chi connectivity index (χ4n) is 2.08. The molecule has 0 radical (unpaired) electrons. The lowest BCUT2D eigenvalue weighted by molar-refractivity contribution is 0.596. The molecule has 3 aromatic rings. The van der Waals surface area contributed by atoms with Gasteiger partial charge in [0.1, 0.15) is 8.72 Å². The van der Waals surface area contributed by atoms with E-state index in [4.69, 9.17) is 12.2 Å². The van der Waals surface area contributed by atoms with Crippen LogP contribution in [-0.4, -0.2) is 8.42 Å². The van der Waals surface area contributed by atoms with Crippen LogP contribution in [0.25, 0.3) is 10.4 Å². The summed E-state index contributed by atoms with van der Waals surface area (Å²) in [6.07, 6.45) is 0. The highest BCUT2D eigenvalue weighted by molar-refractivity contribution is 7.93. The van der Waals surface area contributed by atoms with E-state index in [2.05, 4.69) is 0 Å². The first-order chi connectivity index (χ1) is 10.5. The van der Waals surface area contributed by atoms with Gasteiger partial charge in [0, 0.05) is 0 Å². The number of aryl methyl sites for hydroxylation is 1. The number of benzene rings is 2. The Bertz CT molecular complexity index is 949. The first-order valence-electron chi connectivity index (χ1n) is 6.50. The molecule has 0 N–H and O–H groups in total. The van der Waals surface area contributed by atoms with Gasteiger partial charge in [0.25, 0.3) is 0 Å². The third-order valence-electron chi connectivity index (χ3n) is 3.23. The SMILES string of the molecule is Cc1ccc(S(=O)(=O)c2c(-c3ccccc3)ssc2=S)cc1. The third kappa shape index (κ3) is 2.79. The van der Waals surface area contributed by atoms with E-state index in [-0.39, 0.29) is 9.79 Å². The normalized spacial score (nSPS) is 11.5. The fraction of sp³-hybridized carbons (Fsp3) is 0.0625. The maximum Gasteiger partial charge on any atom is 0.210 e. The van der Waals surface area contributed by atoms with Crippen LogP contribution in [0.1, 0.15) is 5.56 Å². The van der Waals surface area contributed by atoms with Crippen LogP contribution < -0.4 is 0 Å². The molecule has 22 heavy (non-hydrogen) atoms. The number of rotatable bonds is 3. The molecule has 0 aliphatic heterocycles. The van der Waals surface area contributed by atoms with Gasteiger partial charge in [-0.2, -0.15) is 0 Å². The van der Waals surface area contributed by atoms with Crippen molar-refractivity contribution in [2.45, 2.75) is 16.7 Å². The highest BCUT2D eigenvalue weighted by Crippen LogP contribution is 2.39. The van der Waals surface area contributed by atoms with Crippen molar-refractivity contribution >= 4 is 42.7 Å². The van der Waals surface area contributed by atoms with Crippen LogP contribution in [-0.2, 0) is 9.84 Å². The van der Waals surface area contributed by atoms with Crippen molar-refractivity contribution in [1.29, 1.82) is 0 Å². The molecule has 1 heterocycles. The van der Waals surface area contributed by atoms with Crippen molar-refractivity contribution < 1.29 is 8.42 Å². The lowest BCUT2D eigenvalue weighted by Gasteiger charge is -2.06. The molecule has 0 saturated carbocycles. The molecule has 2 aromatic carbocycles. The van der Waals surface area contributed by atoms with E-state index in [9.17, 15) is 8.42 Å². The summed E-state index contributed by atoms with van der Waals surface area (Å²) in [6, 6.07) is 16.4. The minimum absolute atomic E-state index is 0.257. The van der Waals surface area contributed by atoms with Crippen molar-refractivity contribution in [2.75, 3.05) is 0 Å². The summed E-state index contributed by atoms with van der Waals surface area (Å²) >= 11 is 5.30. The van der Waals surface area contributed by atoms with Crippen LogP contribution in [0.2, 0.25) is 0 Å². The summed E-state index contributed by atoms with van der Waals surface area (Å²) in [7, 11) is -0.865. The monoisotopic (exact) mass is 364 g/mol. The summed E-state index contributed by atoms with van der Waals surface area (Å²) < 4.78 is 26.4. The molecular formula is C16H12O2S4. The van der Waals surface area contributed by atoms with Gasteiger partial charge in [-0.25, -0.2) is 8.42 Å². The van der Waals surface area contributed by atoms with Gasteiger partial charge >= 0.3 is 0 Å². The van der Waals surface area contributed by atoms with E-state index in [0.717, 1.165) is 16.0 Å². The van der Waals surface area contributed by atoms with Crippen LogP contribution in [0, 0.1) is 10.7 Å². The molecule has 0 atom stereocenters. The molecule has 0 spiro atoms. The van der Waals surface area contributed by atoms with Crippen LogP contribution in [0.3, 0.4) is 0 Å². The topological polar surface area (TPSA) is 34.1 Å². The molecule has 0 bridgehead atoms. The van der Waals surface area contributed by atoms with Gasteiger partial charge in [-0.15, -0.1) is 0 Å². The smallest absolute Gasteiger partial charge is 0.210 e. The summed E-state index contributed by atoms with van der Waals surface area (Å²) in [6.45, 7) is 1.93. The Morgan fingerprint density at radius 2 is 1.55 bits per heavy atom. The van der Waals surface area contributed by atoms with Gasteiger partial charge < -0.3 is 0 Å². The van der Waals surface area contributed by atoms with Crippen molar-refractivity contribution in [3.63, 3.8) is 0 Å². The molecule has 0 unspecified atom stereocenters. The van der Waals surface area contributed by atoms with E-state index in [0.29, 0.717) is 3.82 Å². The van der Waals surface area contributed by atoms with E-state index in [1.54, 1.807) is 24.3 Å². The second kappa shape index (κ2) is 6.04. The molecule has 0 aliphatic rings. The van der Waals surface area contributed by atoms with E-state index >= 15 is 0 Å². The molecule has 0 saturated heterocycles. The van der Waals surface area contributed by atoms with E-state index in [1.165, 1.54) is 20.7 Å². The standard InChI is InChI=1S/C16H12O2S4/c1-11-7-9-13(10-8-11)22(17,18)15-14(20-21-16(15)19)12-5-3-2-4-6-12/h2-10H,1H3. The average molecular weight is 365 g/mol. The van der Waals surface area contributed by atoms with Gasteiger partial charge in [0.2, 0.25) is 9.84 Å². The Kier molecular flexibility index (Phi) is 4.27. The Morgan fingerprint density at radius 1 is 0.909 bits per heavy atom. The van der Waals surface area contributed by atoms with Crippen LogP contribution in [0.5, 0.6) is 0 Å². The zero-order chi connectivity index (χ0) is 15.7. The molecule has 3 rings (SSSR count). The summed E-state index contributed by atoms with van der Waals surface area (Å²) in [5, 5.41) is 0. The summed E-state index contributed by atoms with van der Waals surface area (Å²) in [4.78, 5) is 1.26. The zero-order valence-corrected chi connectivity index (χ0v) is 14.9. The Morgan fingerprint density at radius 3 is 2.18 bits per heavy atom. The molecular weight excluding hydrogens is 352 g/mol. The average Bonchev–Trinajstić information content (AvgIpc) is 2.91. The summed E-state index contributed by atoms with van der Waals surface area (Å²) in [5.41, 5.74) is 1.90. The predicted octanol–water partition coefficient (Wildman–Crippen LogP) is 5.35. The zero-order valence-electron chi connectivity index (χ0n) is 11.6. The largest absolute Gasteiger partial charge is 0.218 e. The molecule has 0 amide bonds. The van der Waals surface area contributed by atoms with E-state index in [1.807, 2.05) is 37.3 Å². The van der Waals surface area contributed by atoms with Crippen molar-refractivity contribution in [2.24, 2.45) is 0 Å². The molecule has 0 aliphatic carbocycles. The number of hydrogen-bond donors (Lipinski definition) is 0. The Labute approximate surface area is 142 Å². The van der Waals surface area contributed by atoms with Crippen molar-refractivity contribution in [1.82, 2.24) is 0 Å². The first kappa shape index (κ1) is 15.6. The third-order valence-corrected chi connectivity index (χ3v) is 8.52. The molecule has 1 aromatic heterocycles. The maximum atomic E-state index is 13.0. The number of sulfone groups is 1. The van der Waals surface area contributed by atoms with Gasteiger partial charge in [0.05, 0.1) is 9.77 Å². The summed E-state index contributed by atoms with van der Waals surface area (Å²) in [5.74, 6) is 0. The lowest BCUT2D eigenvalue weighted by atomic mass is 10.2. The molecule has 0 fully saturated rings. The first-order valence-corrected chi connectivity index (χ1v) is 10.5. The predicted molar refractivity (Wildman–Crippen MR) is 95.1 cm³/mol. The highest BCUT2D eigenvalue weighted by Gasteiger charge is 2.25. The van der Waals surface area contributed by atoms with Gasteiger partial charge in [0.15, 0.2) is 0 Å². The van der Waals surface area contributed by atoms with Gasteiger partial charge in [-0.1, -0.05) is 80.9 Å². The van der Waals surface area contributed by atoms with Crippen molar-refractivity contribution in [3.05, 3.63) is 64.0 Å². The van der Waals surface area contributed by atoms with Gasteiger partial charge in [-0.3, -0.25) is 0 Å². The van der Waals surface area contributed by atoms with Crippen LogP contribution in [0.15, 0.2) is 64.4 Å². The lowest BCUT2D eigenvalue weighted by Crippen LogP contribution is -2.02. The van der Waals surface area contributed by atoms with Crippen LogP contribution >= 0.6 is 32.9 Å². The second-order valence-corrected chi connectivity index (χ2v) is 9.50. The highest BCUT2D eigenvalue weighted by atomic mass is 32.9. The minimum atomic E-state index is -3.61. The minimum Gasteiger partial charge on any atom is -0.218 e. The van der Waals surface area contributed by atoms with Crippen LogP contribution in [0.4, 0.5) is 0 Å². The number of hydrogen-bond acceptors (Lipinski definition) is 5. The molecule has 6 heteroatoms. The van der Waals surface area contributed by atoms with Crippen molar-refractivity contribution in [3.8, 4) is 10.4 Å². The quantitative estimate of drug-likeness (QED) is 0.464. The fourth-order valence-corrected chi connectivity index (χ4v) is 7.50. The maximum absolute atomic E-state index is 13.0.